The van der Waals surface area contributed by atoms with E-state index in [0.717, 1.165) is 6.26 Å². The first-order chi connectivity index (χ1) is 15.6. The molecule has 0 radical (unpaired) electrons. The largest absolute Gasteiger partial charge is 0.383 e. The van der Waals surface area contributed by atoms with E-state index in [-0.39, 0.29) is 11.4 Å². The van der Waals surface area contributed by atoms with Crippen LogP contribution in [0.15, 0.2) is 77.9 Å². The van der Waals surface area contributed by atoms with Crippen LogP contribution in [0.25, 0.3) is 0 Å². The Morgan fingerprint density at radius 1 is 0.970 bits per heavy atom. The van der Waals surface area contributed by atoms with Crippen LogP contribution in [0.4, 0.5) is 16.2 Å². The summed E-state index contributed by atoms with van der Waals surface area (Å²) in [6.07, 6.45) is 0.939. The molecule has 0 aliphatic heterocycles. The quantitative estimate of drug-likeness (QED) is 0.221. The smallest absolute Gasteiger partial charge is 0.339 e. The molecule has 0 aliphatic carbocycles. The molecule has 0 aliphatic rings. The number of carbonyl (C=O) groups excluding carboxylic acids is 1. The van der Waals surface area contributed by atoms with Gasteiger partial charge in [0, 0.05) is 34.0 Å². The van der Waals surface area contributed by atoms with E-state index in [1.807, 2.05) is 0 Å². The average Bonchev–Trinajstić information content (AvgIpc) is 2.75. The first-order valence-electron chi connectivity index (χ1n) is 9.26. The van der Waals surface area contributed by atoms with Crippen LogP contribution in [0.3, 0.4) is 0 Å². The number of nitrogens with zero attached hydrogens (tertiary/aromatic N) is 2. The van der Waals surface area contributed by atoms with Gasteiger partial charge >= 0.3 is 16.1 Å². The standard InChI is InChI=1S/C21H17ClN4O6S/c1-33(30,31)32-19-12-4-15(5-13-19)20(14-2-6-16(22)7-3-14)24-25-21(27)23-17-8-10-18(11-9-17)26(28)29/h2-13H,1H3,(H2,23,25,27)/b24-20+. The minimum atomic E-state index is -3.67. The third-order valence-electron chi connectivity index (χ3n) is 4.10. The van der Waals surface area contributed by atoms with Gasteiger partial charge < -0.3 is 9.50 Å². The topological polar surface area (TPSA) is 140 Å². The average molecular weight is 489 g/mol. The number of benzene rings is 3. The minimum absolute atomic E-state index is 0.104. The number of nitro groups is 1. The predicted octanol–water partition coefficient (Wildman–Crippen LogP) is 4.16. The summed E-state index contributed by atoms with van der Waals surface area (Å²) < 4.78 is 27.5. The maximum atomic E-state index is 12.3. The lowest BCUT2D eigenvalue weighted by atomic mass is 10.0. The summed E-state index contributed by atoms with van der Waals surface area (Å²) in [5.41, 5.74) is 4.18. The molecule has 2 N–H and O–H groups in total. The number of carbonyl (C=O) groups is 1. The molecule has 3 aromatic rings. The Balaban J connectivity index is 1.82. The number of non-ortho nitro benzene ring substituents is 1. The summed E-state index contributed by atoms with van der Waals surface area (Å²) in [6, 6.07) is 17.4. The van der Waals surface area contributed by atoms with E-state index < -0.39 is 21.1 Å². The van der Waals surface area contributed by atoms with Crippen LogP contribution in [0.5, 0.6) is 5.75 Å². The van der Waals surface area contributed by atoms with Crippen LogP contribution in [0.2, 0.25) is 5.02 Å². The molecule has 0 bridgehead atoms. The van der Waals surface area contributed by atoms with Gasteiger partial charge in [0.15, 0.2) is 0 Å². The fraction of sp³-hybridized carbons (Fsp3) is 0.0476. The zero-order valence-electron chi connectivity index (χ0n) is 17.1. The maximum Gasteiger partial charge on any atom is 0.339 e. The van der Waals surface area contributed by atoms with Gasteiger partial charge in [0.2, 0.25) is 0 Å². The van der Waals surface area contributed by atoms with E-state index in [2.05, 4.69) is 15.8 Å². The Hall–Kier alpha value is -3.96. The third kappa shape index (κ3) is 7.02. The summed E-state index contributed by atoms with van der Waals surface area (Å²) in [4.78, 5) is 22.5. The highest BCUT2D eigenvalue weighted by Gasteiger charge is 2.11. The maximum absolute atomic E-state index is 12.3. The molecule has 0 saturated heterocycles. The molecule has 2 amide bonds. The molecule has 0 heterocycles. The Morgan fingerprint density at radius 3 is 2.03 bits per heavy atom. The van der Waals surface area contributed by atoms with Gasteiger partial charge in [-0.15, -0.1) is 0 Å². The van der Waals surface area contributed by atoms with E-state index in [1.165, 1.54) is 36.4 Å². The van der Waals surface area contributed by atoms with Crippen molar-refractivity contribution in [3.63, 3.8) is 0 Å². The van der Waals surface area contributed by atoms with Crippen LogP contribution in [0, 0.1) is 10.1 Å². The number of rotatable bonds is 7. The van der Waals surface area contributed by atoms with Gasteiger partial charge in [0.05, 0.1) is 16.9 Å². The van der Waals surface area contributed by atoms with Crippen LogP contribution in [0.1, 0.15) is 11.1 Å². The van der Waals surface area contributed by atoms with Crippen molar-refractivity contribution in [1.82, 2.24) is 5.43 Å². The molecule has 0 atom stereocenters. The first kappa shape index (κ1) is 23.7. The fourth-order valence-corrected chi connectivity index (χ4v) is 3.27. The van der Waals surface area contributed by atoms with Gasteiger partial charge in [0.25, 0.3) is 5.69 Å². The highest BCUT2D eigenvalue weighted by Crippen LogP contribution is 2.19. The zero-order chi connectivity index (χ0) is 24.0. The van der Waals surface area contributed by atoms with Crippen molar-refractivity contribution in [2.75, 3.05) is 11.6 Å². The Labute approximate surface area is 194 Å². The first-order valence-corrected chi connectivity index (χ1v) is 11.5. The number of hydrazone groups is 1. The summed E-state index contributed by atoms with van der Waals surface area (Å²) in [5.74, 6) is 0.126. The normalized spacial score (nSPS) is 11.5. The number of anilines is 1. The molecule has 3 rings (SSSR count). The van der Waals surface area contributed by atoms with E-state index in [4.69, 9.17) is 15.8 Å². The molecule has 0 spiro atoms. The van der Waals surface area contributed by atoms with Crippen molar-refractivity contribution >= 4 is 44.8 Å². The summed E-state index contributed by atoms with van der Waals surface area (Å²) in [5, 5.41) is 18.0. The number of hydrogen-bond acceptors (Lipinski definition) is 7. The predicted molar refractivity (Wildman–Crippen MR) is 124 cm³/mol. The van der Waals surface area contributed by atoms with Crippen molar-refractivity contribution in [3.8, 4) is 5.75 Å². The van der Waals surface area contributed by atoms with Gasteiger partial charge in [-0.3, -0.25) is 10.1 Å². The Bertz CT molecular complexity index is 1290. The summed E-state index contributed by atoms with van der Waals surface area (Å²) in [6.45, 7) is 0. The molecule has 170 valence electrons. The second-order valence-electron chi connectivity index (χ2n) is 6.65. The minimum Gasteiger partial charge on any atom is -0.383 e. The molecular formula is C21H17ClN4O6S. The molecule has 0 aromatic heterocycles. The Morgan fingerprint density at radius 2 is 1.52 bits per heavy atom. The highest BCUT2D eigenvalue weighted by molar-refractivity contribution is 7.86. The SMILES string of the molecule is CS(=O)(=O)Oc1ccc(/C(=N/NC(=O)Nc2ccc([N+](=O)[O-])cc2)c2ccc(Cl)cc2)cc1. The van der Waals surface area contributed by atoms with E-state index >= 15 is 0 Å². The van der Waals surface area contributed by atoms with E-state index in [0.29, 0.717) is 27.5 Å². The van der Waals surface area contributed by atoms with E-state index in [1.54, 1.807) is 36.4 Å². The fourth-order valence-electron chi connectivity index (χ4n) is 2.68. The lowest BCUT2D eigenvalue weighted by molar-refractivity contribution is -0.384. The molecule has 12 heteroatoms. The van der Waals surface area contributed by atoms with Crippen LogP contribution >= 0.6 is 11.6 Å². The van der Waals surface area contributed by atoms with Gasteiger partial charge in [-0.05, 0) is 48.5 Å². The lowest BCUT2D eigenvalue weighted by Crippen LogP contribution is -2.26. The van der Waals surface area contributed by atoms with Gasteiger partial charge in [-0.2, -0.15) is 13.5 Å². The van der Waals surface area contributed by atoms with Crippen LogP contribution < -0.4 is 14.9 Å². The van der Waals surface area contributed by atoms with E-state index in [9.17, 15) is 23.3 Å². The van der Waals surface area contributed by atoms with Crippen molar-refractivity contribution in [3.05, 3.63) is 99.1 Å². The second-order valence-corrected chi connectivity index (χ2v) is 8.66. The van der Waals surface area contributed by atoms with Crippen LogP contribution in [-0.4, -0.2) is 31.3 Å². The summed E-state index contributed by atoms with van der Waals surface area (Å²) in [7, 11) is -3.67. The second kappa shape index (κ2) is 10.1. The highest BCUT2D eigenvalue weighted by atomic mass is 35.5. The number of nitrogens with one attached hydrogen (secondary N) is 2. The summed E-state index contributed by atoms with van der Waals surface area (Å²) >= 11 is 5.96. The van der Waals surface area contributed by atoms with Crippen molar-refractivity contribution in [2.24, 2.45) is 5.10 Å². The molecular weight excluding hydrogens is 472 g/mol. The molecule has 0 fully saturated rings. The molecule has 3 aromatic carbocycles. The van der Waals surface area contributed by atoms with Crippen molar-refractivity contribution in [2.45, 2.75) is 0 Å². The number of urea groups is 1. The van der Waals surface area contributed by atoms with Crippen molar-refractivity contribution in [1.29, 1.82) is 0 Å². The molecule has 10 nitrogen and oxygen atoms in total. The monoisotopic (exact) mass is 488 g/mol. The number of amides is 2. The van der Waals surface area contributed by atoms with Gasteiger partial charge in [-0.25, -0.2) is 10.2 Å². The number of hydrogen-bond donors (Lipinski definition) is 2. The molecule has 0 unspecified atom stereocenters. The number of nitro benzene ring substituents is 1. The lowest BCUT2D eigenvalue weighted by Gasteiger charge is -2.10. The van der Waals surface area contributed by atoms with Gasteiger partial charge in [-0.1, -0.05) is 23.7 Å². The van der Waals surface area contributed by atoms with Gasteiger partial charge in [0.1, 0.15) is 5.75 Å². The van der Waals surface area contributed by atoms with Crippen molar-refractivity contribution < 1.29 is 22.3 Å². The zero-order valence-corrected chi connectivity index (χ0v) is 18.6. The van der Waals surface area contributed by atoms with Crippen LogP contribution in [-0.2, 0) is 10.1 Å². The number of halogens is 1. The Kier molecular flexibility index (Phi) is 7.26. The molecule has 0 saturated carbocycles. The third-order valence-corrected chi connectivity index (χ3v) is 4.85. The molecule has 33 heavy (non-hydrogen) atoms.